The highest BCUT2D eigenvalue weighted by Gasteiger charge is 2.27. The molecule has 3 aromatic heterocycles. The molecule has 0 saturated carbocycles. The molecule has 4 rings (SSSR count). The van der Waals surface area contributed by atoms with E-state index in [0.717, 1.165) is 4.90 Å². The molecule has 3 heterocycles. The van der Waals surface area contributed by atoms with Crippen LogP contribution in [-0.2, 0) is 4.79 Å². The second kappa shape index (κ2) is 8.04. The molecule has 3 N–H and O–H groups in total. The van der Waals surface area contributed by atoms with Gasteiger partial charge in [0.05, 0.1) is 23.8 Å². The predicted octanol–water partition coefficient (Wildman–Crippen LogP) is 4.98. The number of anilines is 2. The van der Waals surface area contributed by atoms with Gasteiger partial charge in [-0.25, -0.2) is 0 Å². The monoisotopic (exact) mass is 405 g/mol. The van der Waals surface area contributed by atoms with E-state index >= 15 is 0 Å². The van der Waals surface area contributed by atoms with Gasteiger partial charge in [-0.1, -0.05) is 12.1 Å². The lowest BCUT2D eigenvalue weighted by Gasteiger charge is -2.05. The number of carbonyl (C=O) groups is 1. The number of nitrogens with one attached hydrogen (secondary N) is 1. The lowest BCUT2D eigenvalue weighted by molar-refractivity contribution is -0.113. The van der Waals surface area contributed by atoms with Crippen molar-refractivity contribution in [3.05, 3.63) is 66.6 Å². The summed E-state index contributed by atoms with van der Waals surface area (Å²) in [5, 5.41) is 12.4. The number of rotatable bonds is 6. The molecule has 0 aliphatic carbocycles. The summed E-state index contributed by atoms with van der Waals surface area (Å²) in [6, 6.07) is 16.2. The van der Waals surface area contributed by atoms with Gasteiger partial charge in [-0.3, -0.25) is 10.1 Å². The van der Waals surface area contributed by atoms with Crippen LogP contribution in [0.2, 0.25) is 0 Å². The second-order valence-electron chi connectivity index (χ2n) is 5.95. The summed E-state index contributed by atoms with van der Waals surface area (Å²) in [6.45, 7) is 0. The first-order chi connectivity index (χ1) is 14.2. The number of benzene rings is 1. The number of carbonyl (C=O) groups excluding carboxylic acids is 1. The van der Waals surface area contributed by atoms with Gasteiger partial charge in [0.1, 0.15) is 17.4 Å². The molecule has 4 aromatic rings. The lowest BCUT2D eigenvalue weighted by Crippen LogP contribution is -2.14. The Morgan fingerprint density at radius 2 is 1.79 bits per heavy atom. The molecular formula is C21H15N3O4S. The number of hydrogen-bond donors (Lipinski definition) is 2. The Morgan fingerprint density at radius 1 is 1.07 bits per heavy atom. The number of nitrogens with zero attached hydrogens (tertiary/aromatic N) is 1. The lowest BCUT2D eigenvalue weighted by atomic mass is 10.1. The molecule has 0 aliphatic heterocycles. The van der Waals surface area contributed by atoms with Crippen LogP contribution >= 0.6 is 11.8 Å². The summed E-state index contributed by atoms with van der Waals surface area (Å²) in [6.07, 6.45) is 2.99. The molecule has 0 spiro atoms. The standard InChI is InChI=1S/C21H15N3O4S/c22-11-13-19(15-6-3-9-26-15)20(16-7-4-10-27-16)28-21(13)24-18(25)12-29-17-8-2-1-5-14(17)23/h1-10H,12,23H2,(H,24,25). The number of para-hydroxylation sites is 1. The van der Waals surface area contributed by atoms with Gasteiger partial charge in [0.2, 0.25) is 11.8 Å². The summed E-state index contributed by atoms with van der Waals surface area (Å²) in [4.78, 5) is 13.3. The molecule has 0 aliphatic rings. The molecule has 0 radical (unpaired) electrons. The molecule has 0 unspecified atom stereocenters. The van der Waals surface area contributed by atoms with Crippen LogP contribution in [0, 0.1) is 11.3 Å². The van der Waals surface area contributed by atoms with Crippen molar-refractivity contribution in [2.45, 2.75) is 4.90 Å². The summed E-state index contributed by atoms with van der Waals surface area (Å²) in [7, 11) is 0. The van der Waals surface area contributed by atoms with Crippen molar-refractivity contribution >= 4 is 29.2 Å². The van der Waals surface area contributed by atoms with Gasteiger partial charge in [0.15, 0.2) is 11.5 Å². The minimum absolute atomic E-state index is 0.0388. The number of nitrogens with two attached hydrogens (primary N) is 1. The SMILES string of the molecule is N#Cc1c(NC(=O)CSc2ccccc2N)oc(-c2ccco2)c1-c1ccco1. The topological polar surface area (TPSA) is 118 Å². The number of hydrogen-bond acceptors (Lipinski definition) is 7. The molecule has 144 valence electrons. The summed E-state index contributed by atoms with van der Waals surface area (Å²) in [5.74, 6) is 0.962. The number of amides is 1. The highest BCUT2D eigenvalue weighted by Crippen LogP contribution is 2.41. The fourth-order valence-corrected chi connectivity index (χ4v) is 3.55. The Balaban J connectivity index is 1.62. The van der Waals surface area contributed by atoms with Crippen LogP contribution in [0.5, 0.6) is 0 Å². The maximum Gasteiger partial charge on any atom is 0.237 e. The van der Waals surface area contributed by atoms with E-state index < -0.39 is 0 Å². The van der Waals surface area contributed by atoms with Crippen LogP contribution in [0.3, 0.4) is 0 Å². The van der Waals surface area contributed by atoms with Crippen molar-refractivity contribution in [2.24, 2.45) is 0 Å². The van der Waals surface area contributed by atoms with E-state index in [9.17, 15) is 10.1 Å². The summed E-state index contributed by atoms with van der Waals surface area (Å²) >= 11 is 1.30. The molecule has 0 bridgehead atoms. The first-order valence-electron chi connectivity index (χ1n) is 8.59. The zero-order valence-corrected chi connectivity index (χ0v) is 15.9. The molecule has 1 aromatic carbocycles. The third kappa shape index (κ3) is 3.77. The minimum atomic E-state index is -0.333. The quantitative estimate of drug-likeness (QED) is 0.343. The number of thioether (sulfide) groups is 1. The highest BCUT2D eigenvalue weighted by atomic mass is 32.2. The van der Waals surface area contributed by atoms with Gasteiger partial charge in [-0.15, -0.1) is 11.8 Å². The van der Waals surface area contributed by atoms with Crippen LogP contribution < -0.4 is 11.1 Å². The van der Waals surface area contributed by atoms with Gasteiger partial charge < -0.3 is 19.0 Å². The van der Waals surface area contributed by atoms with E-state index in [-0.39, 0.29) is 23.1 Å². The van der Waals surface area contributed by atoms with Crippen LogP contribution in [-0.4, -0.2) is 11.7 Å². The van der Waals surface area contributed by atoms with E-state index in [2.05, 4.69) is 11.4 Å². The van der Waals surface area contributed by atoms with Crippen molar-refractivity contribution in [1.29, 1.82) is 5.26 Å². The van der Waals surface area contributed by atoms with E-state index in [0.29, 0.717) is 28.5 Å². The third-order valence-electron chi connectivity index (χ3n) is 4.06. The van der Waals surface area contributed by atoms with Crippen molar-refractivity contribution in [2.75, 3.05) is 16.8 Å². The Bertz CT molecular complexity index is 1170. The number of nitrogen functional groups attached to an aromatic ring is 1. The first kappa shape index (κ1) is 18.5. The first-order valence-corrected chi connectivity index (χ1v) is 9.57. The third-order valence-corrected chi connectivity index (χ3v) is 5.15. The Kier molecular flexibility index (Phi) is 5.14. The van der Waals surface area contributed by atoms with Gasteiger partial charge in [0, 0.05) is 10.6 Å². The minimum Gasteiger partial charge on any atom is -0.464 e. The number of nitriles is 1. The molecule has 29 heavy (non-hydrogen) atoms. The van der Waals surface area contributed by atoms with Gasteiger partial charge in [-0.05, 0) is 36.4 Å². The van der Waals surface area contributed by atoms with Gasteiger partial charge in [0.25, 0.3) is 0 Å². The van der Waals surface area contributed by atoms with E-state index in [1.54, 1.807) is 30.3 Å². The molecule has 0 fully saturated rings. The smallest absolute Gasteiger partial charge is 0.237 e. The molecule has 0 atom stereocenters. The maximum absolute atomic E-state index is 12.5. The van der Waals surface area contributed by atoms with Crippen molar-refractivity contribution in [1.82, 2.24) is 0 Å². The number of furan rings is 3. The molecule has 7 nitrogen and oxygen atoms in total. The Labute approximate surface area is 170 Å². The second-order valence-corrected chi connectivity index (χ2v) is 6.97. The summed E-state index contributed by atoms with van der Waals surface area (Å²) in [5.41, 5.74) is 7.08. The fraction of sp³-hybridized carbons (Fsp3) is 0.0476. The van der Waals surface area contributed by atoms with Crippen molar-refractivity contribution in [3.63, 3.8) is 0 Å². The molecule has 0 saturated heterocycles. The molecule has 1 amide bonds. The van der Waals surface area contributed by atoms with Crippen molar-refractivity contribution in [3.8, 4) is 28.9 Å². The fourth-order valence-electron chi connectivity index (χ4n) is 2.78. The van der Waals surface area contributed by atoms with Gasteiger partial charge in [-0.2, -0.15) is 5.26 Å². The Hall–Kier alpha value is -3.83. The largest absolute Gasteiger partial charge is 0.464 e. The summed E-state index contributed by atoms with van der Waals surface area (Å²) < 4.78 is 16.7. The van der Waals surface area contributed by atoms with Gasteiger partial charge >= 0.3 is 0 Å². The van der Waals surface area contributed by atoms with E-state index in [1.807, 2.05) is 18.2 Å². The van der Waals surface area contributed by atoms with Crippen LogP contribution in [0.1, 0.15) is 5.56 Å². The van der Waals surface area contributed by atoms with Crippen LogP contribution in [0.4, 0.5) is 11.6 Å². The zero-order chi connectivity index (χ0) is 20.2. The highest BCUT2D eigenvalue weighted by molar-refractivity contribution is 8.00. The van der Waals surface area contributed by atoms with Crippen LogP contribution in [0.15, 0.2) is 79.2 Å². The van der Waals surface area contributed by atoms with E-state index in [4.69, 9.17) is 19.0 Å². The van der Waals surface area contributed by atoms with Crippen molar-refractivity contribution < 1.29 is 18.0 Å². The Morgan fingerprint density at radius 3 is 2.45 bits per heavy atom. The molecular weight excluding hydrogens is 390 g/mol. The zero-order valence-electron chi connectivity index (χ0n) is 15.0. The average molecular weight is 405 g/mol. The maximum atomic E-state index is 12.5. The average Bonchev–Trinajstić information content (AvgIpc) is 3.47. The normalized spacial score (nSPS) is 10.6. The molecule has 8 heteroatoms. The predicted molar refractivity (Wildman–Crippen MR) is 109 cm³/mol. The van der Waals surface area contributed by atoms with Crippen LogP contribution in [0.25, 0.3) is 22.8 Å². The van der Waals surface area contributed by atoms with E-state index in [1.165, 1.54) is 24.3 Å².